The summed E-state index contributed by atoms with van der Waals surface area (Å²) >= 11 is 1.52. The van der Waals surface area contributed by atoms with Gasteiger partial charge in [0.1, 0.15) is 17.2 Å². The van der Waals surface area contributed by atoms with E-state index in [1.54, 1.807) is 30.3 Å². The fourth-order valence-electron chi connectivity index (χ4n) is 3.16. The molecule has 1 heterocycles. The Hall–Kier alpha value is -2.56. The molecule has 1 N–H and O–H groups in total. The topological polar surface area (TPSA) is 97.3 Å². The second-order valence-electron chi connectivity index (χ2n) is 8.32. The lowest BCUT2D eigenvalue weighted by Gasteiger charge is -2.14. The number of hydrogen-bond acceptors (Lipinski definition) is 8. The van der Waals surface area contributed by atoms with Gasteiger partial charge in [-0.1, -0.05) is 11.8 Å². The zero-order valence-corrected chi connectivity index (χ0v) is 21.0. The highest BCUT2D eigenvalue weighted by atomic mass is 32.2. The number of nitrogens with zero attached hydrogens (tertiary/aromatic N) is 2. The zero-order valence-electron chi connectivity index (χ0n) is 19.4. The monoisotopic (exact) mass is 491 g/mol. The zero-order chi connectivity index (χ0) is 24.2. The number of aliphatic imine (C=N–C) groups is 1. The van der Waals surface area contributed by atoms with Gasteiger partial charge in [0.05, 0.1) is 17.0 Å². The number of amidine groups is 1. The fourth-order valence-corrected chi connectivity index (χ4v) is 4.71. The first kappa shape index (κ1) is 25.1. The van der Waals surface area contributed by atoms with E-state index in [1.165, 1.54) is 23.9 Å². The number of benzene rings is 2. The second kappa shape index (κ2) is 10.6. The van der Waals surface area contributed by atoms with Crippen LogP contribution < -0.4 is 14.8 Å². The molecule has 1 amide bonds. The minimum atomic E-state index is -3.30. The summed E-state index contributed by atoms with van der Waals surface area (Å²) in [5.41, 5.74) is 0.371. The van der Waals surface area contributed by atoms with E-state index in [1.807, 2.05) is 27.9 Å². The molecule has 0 aromatic heterocycles. The predicted octanol–water partition coefficient (Wildman–Crippen LogP) is 3.43. The lowest BCUT2D eigenvalue weighted by atomic mass is 10.2. The van der Waals surface area contributed by atoms with Crippen LogP contribution in [-0.4, -0.2) is 69.2 Å². The van der Waals surface area contributed by atoms with E-state index >= 15 is 0 Å². The largest absolute Gasteiger partial charge is 0.491 e. The number of carbonyl (C=O) groups is 1. The lowest BCUT2D eigenvalue weighted by Crippen LogP contribution is -2.28. The molecular weight excluding hydrogens is 462 g/mol. The average molecular weight is 492 g/mol. The van der Waals surface area contributed by atoms with Gasteiger partial charge in [-0.2, -0.15) is 0 Å². The maximum Gasteiger partial charge on any atom is 0.257 e. The smallest absolute Gasteiger partial charge is 0.257 e. The molecule has 0 fully saturated rings. The average Bonchev–Trinajstić information content (AvgIpc) is 3.13. The Balaban J connectivity index is 1.80. The van der Waals surface area contributed by atoms with Gasteiger partial charge in [-0.05, 0) is 64.3 Å². The standard InChI is InChI=1S/C23H29N3O5S2/c1-15(2)30-19-10-16(22(27)25-23-24-17(14-32-23)13-26(3)4)11-20(12-19)31-18-6-8-21(9-7-18)33(5,28)29/h6-12,15,17H,13-14H2,1-5H3,(H,24,25,27). The van der Waals surface area contributed by atoms with Gasteiger partial charge < -0.3 is 19.7 Å². The van der Waals surface area contributed by atoms with Crippen molar-refractivity contribution >= 4 is 32.7 Å². The van der Waals surface area contributed by atoms with Crippen LogP contribution in [-0.2, 0) is 9.84 Å². The van der Waals surface area contributed by atoms with Crippen molar-refractivity contribution in [1.82, 2.24) is 10.2 Å². The number of nitrogens with one attached hydrogen (secondary N) is 1. The number of thioether (sulfide) groups is 1. The van der Waals surface area contributed by atoms with Crippen molar-refractivity contribution < 1.29 is 22.7 Å². The van der Waals surface area contributed by atoms with Crippen LogP contribution in [0.1, 0.15) is 24.2 Å². The third kappa shape index (κ3) is 7.48. The number of amides is 1. The highest BCUT2D eigenvalue weighted by Gasteiger charge is 2.21. The van der Waals surface area contributed by atoms with Crippen molar-refractivity contribution in [3.63, 3.8) is 0 Å². The van der Waals surface area contributed by atoms with Crippen LogP contribution in [0.2, 0.25) is 0 Å². The minimum Gasteiger partial charge on any atom is -0.491 e. The van der Waals surface area contributed by atoms with E-state index < -0.39 is 9.84 Å². The third-order valence-electron chi connectivity index (χ3n) is 4.51. The molecule has 8 nitrogen and oxygen atoms in total. The Morgan fingerprint density at radius 2 is 1.82 bits per heavy atom. The molecule has 0 saturated heterocycles. The van der Waals surface area contributed by atoms with Gasteiger partial charge in [0.2, 0.25) is 0 Å². The number of rotatable bonds is 8. The lowest BCUT2D eigenvalue weighted by molar-refractivity contribution is 0.0976. The highest BCUT2D eigenvalue weighted by Crippen LogP contribution is 2.29. The summed E-state index contributed by atoms with van der Waals surface area (Å²) in [6.45, 7) is 4.61. The van der Waals surface area contributed by atoms with Crippen LogP contribution in [0.4, 0.5) is 0 Å². The first-order chi connectivity index (χ1) is 15.5. The summed E-state index contributed by atoms with van der Waals surface area (Å²) in [6, 6.07) is 11.2. The molecule has 1 aliphatic heterocycles. The molecule has 2 aromatic rings. The Labute approximate surface area is 199 Å². The quantitative estimate of drug-likeness (QED) is 0.604. The number of likely N-dealkylation sites (N-methyl/N-ethyl adjacent to an activating group) is 1. The molecule has 0 spiro atoms. The Kier molecular flexibility index (Phi) is 8.04. The summed E-state index contributed by atoms with van der Waals surface area (Å²) in [5.74, 6) is 1.85. The SMILES string of the molecule is CC(C)Oc1cc(Oc2ccc(S(C)(=O)=O)cc2)cc(C(=O)NC2=NC(CN(C)C)CS2)c1. The van der Waals surface area contributed by atoms with Crippen molar-refractivity contribution in [3.05, 3.63) is 48.0 Å². The van der Waals surface area contributed by atoms with Crippen LogP contribution in [0.5, 0.6) is 17.2 Å². The molecule has 1 atom stereocenters. The number of carbonyl (C=O) groups excluding carboxylic acids is 1. The van der Waals surface area contributed by atoms with Gasteiger partial charge in [-0.3, -0.25) is 9.79 Å². The van der Waals surface area contributed by atoms with Crippen molar-refractivity contribution in [2.24, 2.45) is 4.99 Å². The predicted molar refractivity (Wildman–Crippen MR) is 132 cm³/mol. The van der Waals surface area contributed by atoms with Crippen LogP contribution in [0.3, 0.4) is 0 Å². The van der Waals surface area contributed by atoms with Crippen LogP contribution in [0.25, 0.3) is 0 Å². The summed E-state index contributed by atoms with van der Waals surface area (Å²) < 4.78 is 35.0. The molecule has 0 radical (unpaired) electrons. The number of hydrogen-bond donors (Lipinski definition) is 1. The van der Waals surface area contributed by atoms with E-state index in [4.69, 9.17) is 9.47 Å². The van der Waals surface area contributed by atoms with Gasteiger partial charge in [-0.25, -0.2) is 8.42 Å². The summed E-state index contributed by atoms with van der Waals surface area (Å²) in [6.07, 6.45) is 1.06. The Morgan fingerprint density at radius 1 is 1.15 bits per heavy atom. The van der Waals surface area contributed by atoms with Crippen molar-refractivity contribution in [1.29, 1.82) is 0 Å². The molecular formula is C23H29N3O5S2. The summed E-state index contributed by atoms with van der Waals surface area (Å²) in [7, 11) is 0.689. The van der Waals surface area contributed by atoms with E-state index in [9.17, 15) is 13.2 Å². The minimum absolute atomic E-state index is 0.0910. The van der Waals surface area contributed by atoms with Crippen molar-refractivity contribution in [2.45, 2.75) is 30.9 Å². The fraction of sp³-hybridized carbons (Fsp3) is 0.391. The van der Waals surface area contributed by atoms with E-state index in [-0.39, 0.29) is 22.9 Å². The van der Waals surface area contributed by atoms with Crippen LogP contribution >= 0.6 is 11.8 Å². The third-order valence-corrected chi connectivity index (χ3v) is 6.67. The molecule has 178 valence electrons. The normalized spacial score (nSPS) is 16.1. The second-order valence-corrected chi connectivity index (χ2v) is 11.3. The van der Waals surface area contributed by atoms with Gasteiger partial charge in [0.25, 0.3) is 5.91 Å². The molecule has 0 saturated carbocycles. The molecule has 0 aliphatic carbocycles. The molecule has 3 rings (SSSR count). The molecule has 33 heavy (non-hydrogen) atoms. The Bertz CT molecular complexity index is 1130. The first-order valence-corrected chi connectivity index (χ1v) is 13.3. The molecule has 10 heteroatoms. The Morgan fingerprint density at radius 3 is 2.42 bits per heavy atom. The maximum absolute atomic E-state index is 12.9. The number of sulfone groups is 1. The van der Waals surface area contributed by atoms with Crippen molar-refractivity contribution in [3.8, 4) is 17.2 Å². The molecule has 1 unspecified atom stereocenters. The number of ether oxygens (including phenoxy) is 2. The molecule has 0 bridgehead atoms. The van der Waals surface area contributed by atoms with Crippen LogP contribution in [0, 0.1) is 0 Å². The van der Waals surface area contributed by atoms with Gasteiger partial charge in [0, 0.05) is 30.2 Å². The molecule has 2 aromatic carbocycles. The first-order valence-electron chi connectivity index (χ1n) is 10.5. The molecule has 1 aliphatic rings. The van der Waals surface area contributed by atoms with Crippen LogP contribution in [0.15, 0.2) is 52.4 Å². The van der Waals surface area contributed by atoms with Gasteiger partial charge >= 0.3 is 0 Å². The maximum atomic E-state index is 12.9. The van der Waals surface area contributed by atoms with Gasteiger partial charge in [0.15, 0.2) is 15.0 Å². The van der Waals surface area contributed by atoms with E-state index in [0.717, 1.165) is 18.6 Å². The van der Waals surface area contributed by atoms with E-state index in [2.05, 4.69) is 15.2 Å². The van der Waals surface area contributed by atoms with Crippen molar-refractivity contribution in [2.75, 3.05) is 32.6 Å². The van der Waals surface area contributed by atoms with Gasteiger partial charge in [-0.15, -0.1) is 0 Å². The summed E-state index contributed by atoms with van der Waals surface area (Å²) in [4.78, 5) is 19.8. The highest BCUT2D eigenvalue weighted by molar-refractivity contribution is 8.14. The van der Waals surface area contributed by atoms with E-state index in [0.29, 0.717) is 28.0 Å². The summed E-state index contributed by atoms with van der Waals surface area (Å²) in [5, 5.41) is 3.47.